The summed E-state index contributed by atoms with van der Waals surface area (Å²) >= 11 is 0. The zero-order chi connectivity index (χ0) is 25.8. The van der Waals surface area contributed by atoms with Gasteiger partial charge in [0.25, 0.3) is 5.91 Å². The van der Waals surface area contributed by atoms with Crippen LogP contribution in [0.15, 0.2) is 54.6 Å². The first-order valence-electron chi connectivity index (χ1n) is 11.0. The Balaban J connectivity index is 1.96. The van der Waals surface area contributed by atoms with E-state index in [0.29, 0.717) is 0 Å². The Kier molecular flexibility index (Phi) is 7.85. The molecule has 0 spiro atoms. The van der Waals surface area contributed by atoms with E-state index in [1.54, 1.807) is 13.0 Å². The lowest BCUT2D eigenvalue weighted by atomic mass is 9.94. The number of rotatable bonds is 10. The Labute approximate surface area is 201 Å². The fourth-order valence-corrected chi connectivity index (χ4v) is 3.16. The number of para-hydroxylation sites is 1. The second-order valence-corrected chi connectivity index (χ2v) is 8.68. The van der Waals surface area contributed by atoms with Crippen LogP contribution in [-0.2, 0) is 4.79 Å². The van der Waals surface area contributed by atoms with Gasteiger partial charge in [0.2, 0.25) is 5.88 Å². The van der Waals surface area contributed by atoms with E-state index in [4.69, 9.17) is 4.74 Å². The SMILES string of the molecule is CC(C)[C@](C)(O)COc1cc(C(=O)NC(CC(=O)O)c2ccccc2F)nn1-c1ccccc1F. The van der Waals surface area contributed by atoms with Crippen LogP contribution < -0.4 is 10.1 Å². The van der Waals surface area contributed by atoms with Gasteiger partial charge in [-0.1, -0.05) is 44.2 Å². The van der Waals surface area contributed by atoms with Crippen molar-refractivity contribution in [1.29, 1.82) is 0 Å². The van der Waals surface area contributed by atoms with Gasteiger partial charge in [-0.3, -0.25) is 9.59 Å². The largest absolute Gasteiger partial charge is 0.481 e. The maximum Gasteiger partial charge on any atom is 0.305 e. The maximum absolute atomic E-state index is 14.5. The highest BCUT2D eigenvalue weighted by atomic mass is 19.1. The van der Waals surface area contributed by atoms with E-state index in [1.165, 1.54) is 42.5 Å². The monoisotopic (exact) mass is 487 g/mol. The number of hydrogen-bond acceptors (Lipinski definition) is 5. The Bertz CT molecular complexity index is 1210. The van der Waals surface area contributed by atoms with Crippen molar-refractivity contribution in [3.8, 4) is 11.6 Å². The quantitative estimate of drug-likeness (QED) is 0.400. The van der Waals surface area contributed by atoms with Crippen LogP contribution in [0.5, 0.6) is 5.88 Å². The summed E-state index contributed by atoms with van der Waals surface area (Å²) < 4.78 is 35.6. The standard InChI is InChI=1S/C25H27F2N3O5/c1-15(2)25(3,34)14-35-22-12-20(29-30(22)21-11-7-6-10-18(21)27)24(33)28-19(13-23(31)32)16-8-4-5-9-17(16)26/h4-12,15,19,34H,13-14H2,1-3H3,(H,28,33)(H,31,32)/t19?,25-/m1/s1. The van der Waals surface area contributed by atoms with Gasteiger partial charge in [-0.05, 0) is 31.0 Å². The molecular weight excluding hydrogens is 460 g/mol. The minimum atomic E-state index is -1.24. The fourth-order valence-electron chi connectivity index (χ4n) is 3.16. The number of hydrogen-bond donors (Lipinski definition) is 3. The van der Waals surface area contributed by atoms with Crippen LogP contribution in [0.4, 0.5) is 8.78 Å². The predicted octanol–water partition coefficient (Wildman–Crippen LogP) is 3.88. The summed E-state index contributed by atoms with van der Waals surface area (Å²) in [5.74, 6) is -3.52. The van der Waals surface area contributed by atoms with Gasteiger partial charge in [0.1, 0.15) is 23.9 Å². The van der Waals surface area contributed by atoms with Crippen LogP contribution in [-0.4, -0.2) is 44.1 Å². The third-order valence-electron chi connectivity index (χ3n) is 5.71. The van der Waals surface area contributed by atoms with Crippen molar-refractivity contribution in [2.45, 2.75) is 38.8 Å². The topological polar surface area (TPSA) is 114 Å². The van der Waals surface area contributed by atoms with Crippen molar-refractivity contribution in [3.63, 3.8) is 0 Å². The second-order valence-electron chi connectivity index (χ2n) is 8.68. The van der Waals surface area contributed by atoms with Crippen molar-refractivity contribution >= 4 is 11.9 Å². The predicted molar refractivity (Wildman–Crippen MR) is 123 cm³/mol. The van der Waals surface area contributed by atoms with E-state index in [9.17, 15) is 28.6 Å². The zero-order valence-electron chi connectivity index (χ0n) is 19.5. The number of carboxylic acids is 1. The third kappa shape index (κ3) is 6.21. The normalized spacial score (nSPS) is 13.8. The van der Waals surface area contributed by atoms with E-state index in [-0.39, 0.29) is 35.3 Å². The Morgan fingerprint density at radius 2 is 1.74 bits per heavy atom. The Morgan fingerprint density at radius 1 is 1.11 bits per heavy atom. The number of aliphatic hydroxyl groups is 1. The zero-order valence-corrected chi connectivity index (χ0v) is 19.5. The lowest BCUT2D eigenvalue weighted by Gasteiger charge is -2.27. The molecule has 10 heteroatoms. The average Bonchev–Trinajstić information content (AvgIpc) is 3.22. The number of amides is 1. The number of benzene rings is 2. The molecule has 0 fully saturated rings. The molecule has 0 saturated carbocycles. The molecule has 2 aromatic carbocycles. The number of nitrogens with one attached hydrogen (secondary N) is 1. The molecule has 0 aliphatic rings. The molecule has 0 aliphatic heterocycles. The highest BCUT2D eigenvalue weighted by Crippen LogP contribution is 2.26. The van der Waals surface area contributed by atoms with E-state index >= 15 is 0 Å². The highest BCUT2D eigenvalue weighted by molar-refractivity contribution is 5.93. The lowest BCUT2D eigenvalue weighted by molar-refractivity contribution is -0.137. The lowest BCUT2D eigenvalue weighted by Crippen LogP contribution is -2.38. The molecule has 3 aromatic rings. The molecule has 0 bridgehead atoms. The van der Waals surface area contributed by atoms with Crippen LogP contribution >= 0.6 is 0 Å². The van der Waals surface area contributed by atoms with E-state index < -0.39 is 41.6 Å². The number of ether oxygens (including phenoxy) is 1. The van der Waals surface area contributed by atoms with Gasteiger partial charge in [0.15, 0.2) is 5.69 Å². The molecule has 2 atom stereocenters. The molecular formula is C25H27F2N3O5. The smallest absolute Gasteiger partial charge is 0.305 e. The summed E-state index contributed by atoms with van der Waals surface area (Å²) in [5.41, 5.74) is -1.42. The van der Waals surface area contributed by atoms with Gasteiger partial charge in [0, 0.05) is 11.6 Å². The first-order valence-corrected chi connectivity index (χ1v) is 11.0. The van der Waals surface area contributed by atoms with Crippen molar-refractivity contribution < 1.29 is 33.3 Å². The van der Waals surface area contributed by atoms with E-state index in [0.717, 1.165) is 10.7 Å². The number of halogens is 2. The molecule has 0 aliphatic carbocycles. The van der Waals surface area contributed by atoms with Gasteiger partial charge in [-0.15, -0.1) is 0 Å². The van der Waals surface area contributed by atoms with Crippen LogP contribution in [0.3, 0.4) is 0 Å². The molecule has 1 heterocycles. The molecule has 8 nitrogen and oxygen atoms in total. The summed E-state index contributed by atoms with van der Waals surface area (Å²) in [5, 5.41) is 26.4. The number of carbonyl (C=O) groups excluding carboxylic acids is 1. The summed E-state index contributed by atoms with van der Waals surface area (Å²) in [6, 6.07) is 11.3. The van der Waals surface area contributed by atoms with Crippen molar-refractivity contribution in [2.24, 2.45) is 5.92 Å². The van der Waals surface area contributed by atoms with Crippen LogP contribution in [0.1, 0.15) is 49.3 Å². The number of carboxylic acid groups (broad SMARTS) is 1. The summed E-state index contributed by atoms with van der Waals surface area (Å²) in [6.45, 7) is 5.03. The molecule has 186 valence electrons. The van der Waals surface area contributed by atoms with Gasteiger partial charge < -0.3 is 20.3 Å². The summed E-state index contributed by atoms with van der Waals surface area (Å²) in [4.78, 5) is 24.4. The Morgan fingerprint density at radius 3 is 2.34 bits per heavy atom. The summed E-state index contributed by atoms with van der Waals surface area (Å²) in [7, 11) is 0. The highest BCUT2D eigenvalue weighted by Gasteiger charge is 2.28. The van der Waals surface area contributed by atoms with Gasteiger partial charge in [0.05, 0.1) is 18.1 Å². The van der Waals surface area contributed by atoms with Crippen LogP contribution in [0.25, 0.3) is 5.69 Å². The molecule has 0 radical (unpaired) electrons. The van der Waals surface area contributed by atoms with Crippen molar-refractivity contribution in [2.75, 3.05) is 6.61 Å². The van der Waals surface area contributed by atoms with Crippen LogP contribution in [0.2, 0.25) is 0 Å². The molecule has 3 rings (SSSR count). The van der Waals surface area contributed by atoms with Gasteiger partial charge in [-0.25, -0.2) is 8.78 Å². The van der Waals surface area contributed by atoms with Crippen LogP contribution in [0, 0.1) is 17.6 Å². The minimum absolute atomic E-state index is 0.00115. The van der Waals surface area contributed by atoms with Gasteiger partial charge >= 0.3 is 5.97 Å². The molecule has 1 aromatic heterocycles. The van der Waals surface area contributed by atoms with Gasteiger partial charge in [-0.2, -0.15) is 9.78 Å². The second kappa shape index (κ2) is 10.6. The van der Waals surface area contributed by atoms with E-state index in [2.05, 4.69) is 10.4 Å². The third-order valence-corrected chi connectivity index (χ3v) is 5.71. The number of aromatic nitrogens is 2. The minimum Gasteiger partial charge on any atom is -0.481 e. The Hall–Kier alpha value is -3.79. The summed E-state index contributed by atoms with van der Waals surface area (Å²) in [6.07, 6.45) is -0.568. The number of carbonyl (C=O) groups is 2. The molecule has 0 saturated heterocycles. The first-order chi connectivity index (χ1) is 16.5. The molecule has 1 unspecified atom stereocenters. The molecule has 3 N–H and O–H groups in total. The van der Waals surface area contributed by atoms with E-state index in [1.807, 2.05) is 13.8 Å². The number of nitrogens with zero attached hydrogens (tertiary/aromatic N) is 2. The number of aliphatic carboxylic acids is 1. The molecule has 1 amide bonds. The maximum atomic E-state index is 14.5. The molecule has 35 heavy (non-hydrogen) atoms. The van der Waals surface area contributed by atoms with Crippen molar-refractivity contribution in [3.05, 3.63) is 77.5 Å². The average molecular weight is 488 g/mol. The first kappa shape index (κ1) is 25.8. The van der Waals surface area contributed by atoms with Crippen molar-refractivity contribution in [1.82, 2.24) is 15.1 Å². The fraction of sp³-hybridized carbons (Fsp3) is 0.320.